The largest absolute Gasteiger partial charge is 0.423 e. The SMILES string of the molecule is CC1=NN(c2ccccc2)C(O)C1C(c1ccc(OC(=O)c2ccccc2Br)cc1)C1C(C)=NN(c2ccccc2)C1O. The fourth-order valence-electron chi connectivity index (χ4n) is 5.99. The van der Waals surface area contributed by atoms with Crippen molar-refractivity contribution in [3.05, 3.63) is 125 Å². The zero-order valence-corrected chi connectivity index (χ0v) is 25.2. The van der Waals surface area contributed by atoms with E-state index in [1.807, 2.05) is 92.7 Å². The molecule has 9 heteroatoms. The van der Waals surface area contributed by atoms with E-state index in [-0.39, 0.29) is 0 Å². The second kappa shape index (κ2) is 12.1. The van der Waals surface area contributed by atoms with Gasteiger partial charge in [-0.3, -0.25) is 0 Å². The number of nitrogens with zero attached hydrogens (tertiary/aromatic N) is 4. The van der Waals surface area contributed by atoms with Crippen molar-refractivity contribution < 1.29 is 19.7 Å². The number of esters is 1. The van der Waals surface area contributed by atoms with E-state index in [0.29, 0.717) is 15.8 Å². The summed E-state index contributed by atoms with van der Waals surface area (Å²) in [6, 6.07) is 33.4. The van der Waals surface area contributed by atoms with Gasteiger partial charge in [-0.05, 0) is 83.9 Å². The van der Waals surface area contributed by atoms with Crippen molar-refractivity contribution in [3.63, 3.8) is 0 Å². The number of hydrazone groups is 2. The molecule has 4 unspecified atom stereocenters. The Balaban J connectivity index is 1.35. The molecule has 0 spiro atoms. The molecule has 0 amide bonds. The van der Waals surface area contributed by atoms with E-state index in [9.17, 15) is 15.0 Å². The first-order valence-corrected chi connectivity index (χ1v) is 14.8. The molecule has 43 heavy (non-hydrogen) atoms. The summed E-state index contributed by atoms with van der Waals surface area (Å²) in [7, 11) is 0. The number of rotatable bonds is 7. The highest BCUT2D eigenvalue weighted by molar-refractivity contribution is 9.10. The van der Waals surface area contributed by atoms with Crippen molar-refractivity contribution in [2.75, 3.05) is 10.0 Å². The second-order valence-electron chi connectivity index (χ2n) is 10.7. The van der Waals surface area contributed by atoms with Crippen molar-refractivity contribution in [2.24, 2.45) is 22.0 Å². The van der Waals surface area contributed by atoms with Gasteiger partial charge in [0.1, 0.15) is 5.75 Å². The molecule has 2 N–H and O–H groups in total. The Morgan fingerprint density at radius 2 is 1.19 bits per heavy atom. The van der Waals surface area contributed by atoms with Gasteiger partial charge >= 0.3 is 5.97 Å². The zero-order chi connectivity index (χ0) is 30.1. The van der Waals surface area contributed by atoms with Crippen molar-refractivity contribution in [1.82, 2.24) is 0 Å². The van der Waals surface area contributed by atoms with Gasteiger partial charge in [-0.25, -0.2) is 14.8 Å². The first kappa shape index (κ1) is 28.8. The summed E-state index contributed by atoms with van der Waals surface area (Å²) in [4.78, 5) is 12.8. The molecule has 0 radical (unpaired) electrons. The molecule has 0 bridgehead atoms. The van der Waals surface area contributed by atoms with E-state index in [2.05, 4.69) is 15.9 Å². The standard InChI is InChI=1S/C34H31BrN4O4/c1-21-29(32(40)38(36-21)24-11-5-3-6-12-24)31(30-22(2)37-39(33(30)41)25-13-7-4-8-14-25)23-17-19-26(20-18-23)43-34(42)27-15-9-10-16-28(27)35/h3-20,29-33,40-41H,1-2H3. The first-order valence-electron chi connectivity index (χ1n) is 14.0. The monoisotopic (exact) mass is 638 g/mol. The molecule has 0 saturated carbocycles. The van der Waals surface area contributed by atoms with Gasteiger partial charge in [0.05, 0.1) is 28.8 Å². The molecule has 8 nitrogen and oxygen atoms in total. The number of hydrogen-bond acceptors (Lipinski definition) is 8. The lowest BCUT2D eigenvalue weighted by Crippen LogP contribution is -2.44. The topological polar surface area (TPSA) is 98.0 Å². The van der Waals surface area contributed by atoms with Crippen LogP contribution < -0.4 is 14.8 Å². The van der Waals surface area contributed by atoms with Crippen molar-refractivity contribution in [2.45, 2.75) is 32.2 Å². The van der Waals surface area contributed by atoms with Crippen LogP contribution in [0.5, 0.6) is 5.75 Å². The van der Waals surface area contributed by atoms with Crippen LogP contribution in [0.2, 0.25) is 0 Å². The average Bonchev–Trinajstić information content (AvgIpc) is 3.49. The third-order valence-electron chi connectivity index (χ3n) is 8.02. The number of carbonyl (C=O) groups excluding carboxylic acids is 1. The predicted octanol–water partition coefficient (Wildman–Crippen LogP) is 6.41. The summed E-state index contributed by atoms with van der Waals surface area (Å²) in [5, 5.41) is 36.3. The van der Waals surface area contributed by atoms with Gasteiger partial charge in [0.15, 0.2) is 12.5 Å². The highest BCUT2D eigenvalue weighted by atomic mass is 79.9. The van der Waals surface area contributed by atoms with Gasteiger partial charge < -0.3 is 14.9 Å². The van der Waals surface area contributed by atoms with Crippen molar-refractivity contribution in [3.8, 4) is 5.75 Å². The highest BCUT2D eigenvalue weighted by Gasteiger charge is 2.49. The molecule has 0 aromatic heterocycles. The van der Waals surface area contributed by atoms with Gasteiger partial charge in [0.25, 0.3) is 0 Å². The number of anilines is 2. The minimum Gasteiger partial charge on any atom is -0.423 e. The van der Waals surface area contributed by atoms with Crippen LogP contribution in [-0.4, -0.2) is 40.1 Å². The molecule has 0 fully saturated rings. The van der Waals surface area contributed by atoms with Crippen LogP contribution >= 0.6 is 15.9 Å². The molecular weight excluding hydrogens is 608 g/mol. The molecule has 2 aliphatic heterocycles. The number of ether oxygens (including phenoxy) is 1. The lowest BCUT2D eigenvalue weighted by Gasteiger charge is -2.35. The van der Waals surface area contributed by atoms with Crippen molar-refractivity contribution in [1.29, 1.82) is 0 Å². The number of hydrogen-bond donors (Lipinski definition) is 2. The molecule has 4 aromatic rings. The van der Waals surface area contributed by atoms with E-state index in [1.54, 1.807) is 40.3 Å². The number of aliphatic hydroxyl groups excluding tert-OH is 2. The number of halogens is 1. The van der Waals surface area contributed by atoms with Crippen LogP contribution in [0.3, 0.4) is 0 Å². The zero-order valence-electron chi connectivity index (χ0n) is 23.7. The summed E-state index contributed by atoms with van der Waals surface area (Å²) >= 11 is 3.40. The molecule has 6 rings (SSSR count). The van der Waals surface area contributed by atoms with Crippen LogP contribution in [0.4, 0.5) is 11.4 Å². The Kier molecular flexibility index (Phi) is 8.12. The summed E-state index contributed by atoms with van der Waals surface area (Å²) < 4.78 is 6.32. The number of para-hydroxylation sites is 2. The molecule has 2 heterocycles. The number of carbonyl (C=O) groups is 1. The van der Waals surface area contributed by atoms with Crippen LogP contribution in [0.25, 0.3) is 0 Å². The van der Waals surface area contributed by atoms with E-state index >= 15 is 0 Å². The molecule has 4 aromatic carbocycles. The number of aliphatic hydroxyl groups is 2. The third-order valence-corrected chi connectivity index (χ3v) is 8.72. The molecule has 4 atom stereocenters. The molecular formula is C34H31BrN4O4. The summed E-state index contributed by atoms with van der Waals surface area (Å²) in [6.07, 6.45) is -1.96. The minimum absolute atomic E-state index is 0.384. The Hall–Kier alpha value is -4.31. The van der Waals surface area contributed by atoms with Crippen LogP contribution in [0.1, 0.15) is 35.7 Å². The molecule has 0 aliphatic carbocycles. The van der Waals surface area contributed by atoms with Gasteiger partial charge in [-0.15, -0.1) is 0 Å². The van der Waals surface area contributed by atoms with E-state index in [1.165, 1.54) is 0 Å². The fourth-order valence-corrected chi connectivity index (χ4v) is 6.43. The van der Waals surface area contributed by atoms with Crippen LogP contribution in [-0.2, 0) is 0 Å². The van der Waals surface area contributed by atoms with E-state index in [0.717, 1.165) is 28.4 Å². The van der Waals surface area contributed by atoms with Gasteiger partial charge in [0, 0.05) is 21.8 Å². The summed E-state index contributed by atoms with van der Waals surface area (Å²) in [5.74, 6) is -1.43. The average molecular weight is 640 g/mol. The maximum Gasteiger partial charge on any atom is 0.344 e. The highest BCUT2D eigenvalue weighted by Crippen LogP contribution is 2.45. The first-order chi connectivity index (χ1) is 20.8. The molecule has 0 saturated heterocycles. The molecule has 2 aliphatic rings. The van der Waals surface area contributed by atoms with E-state index in [4.69, 9.17) is 14.9 Å². The lowest BCUT2D eigenvalue weighted by atomic mass is 9.72. The fraction of sp³-hybridized carbons (Fsp3) is 0.206. The number of benzene rings is 4. The normalized spacial score (nSPS) is 22.3. The Bertz CT molecular complexity index is 1590. The van der Waals surface area contributed by atoms with Crippen LogP contribution in [0, 0.1) is 11.8 Å². The Labute approximate surface area is 258 Å². The van der Waals surface area contributed by atoms with E-state index < -0.39 is 36.2 Å². The molecule has 218 valence electrons. The third kappa shape index (κ3) is 5.59. The van der Waals surface area contributed by atoms with Crippen LogP contribution in [0.15, 0.2) is 124 Å². The van der Waals surface area contributed by atoms with Gasteiger partial charge in [-0.1, -0.05) is 60.7 Å². The lowest BCUT2D eigenvalue weighted by molar-refractivity contribution is 0.0733. The van der Waals surface area contributed by atoms with Crippen molar-refractivity contribution >= 4 is 44.7 Å². The summed E-state index contributed by atoms with van der Waals surface area (Å²) in [5.41, 5.74) is 4.30. The summed E-state index contributed by atoms with van der Waals surface area (Å²) in [6.45, 7) is 3.81. The Morgan fingerprint density at radius 1 is 0.721 bits per heavy atom. The predicted molar refractivity (Wildman–Crippen MR) is 171 cm³/mol. The maximum absolute atomic E-state index is 12.8. The van der Waals surface area contributed by atoms with Gasteiger partial charge in [-0.2, -0.15) is 10.2 Å². The quantitative estimate of drug-likeness (QED) is 0.179. The maximum atomic E-state index is 12.8. The minimum atomic E-state index is -0.980. The van der Waals surface area contributed by atoms with Gasteiger partial charge in [0.2, 0.25) is 0 Å². The Morgan fingerprint density at radius 3 is 1.67 bits per heavy atom. The smallest absolute Gasteiger partial charge is 0.344 e. The second-order valence-corrected chi connectivity index (χ2v) is 11.5.